The van der Waals surface area contributed by atoms with E-state index in [1.165, 1.54) is 0 Å². The van der Waals surface area contributed by atoms with Crippen LogP contribution in [0.1, 0.15) is 43.5 Å². The van der Waals surface area contributed by atoms with Crippen molar-refractivity contribution in [3.8, 4) is 11.5 Å². The third-order valence-corrected chi connectivity index (χ3v) is 4.30. The highest BCUT2D eigenvalue weighted by Gasteiger charge is 2.23. The number of carbonyl (C=O) groups excluding carboxylic acids is 2. The lowest BCUT2D eigenvalue weighted by Crippen LogP contribution is -2.34. The smallest absolute Gasteiger partial charge is 0.265 e. The van der Waals surface area contributed by atoms with Crippen molar-refractivity contribution in [3.63, 3.8) is 0 Å². The first-order chi connectivity index (χ1) is 13.1. The SMILES string of the molecule is CCCCCOc1ccc(C(=O)Nc2ccc3c(c2)NC(=O)C(C)O3)cc1. The molecule has 2 aromatic rings. The summed E-state index contributed by atoms with van der Waals surface area (Å²) < 4.78 is 11.2. The maximum atomic E-state index is 12.4. The van der Waals surface area contributed by atoms with Gasteiger partial charge in [-0.15, -0.1) is 0 Å². The van der Waals surface area contributed by atoms with Crippen molar-refractivity contribution in [3.05, 3.63) is 48.0 Å². The van der Waals surface area contributed by atoms with Crippen molar-refractivity contribution >= 4 is 23.2 Å². The van der Waals surface area contributed by atoms with Crippen LogP contribution >= 0.6 is 0 Å². The molecule has 1 aliphatic rings. The zero-order chi connectivity index (χ0) is 19.2. The van der Waals surface area contributed by atoms with E-state index in [0.717, 1.165) is 25.0 Å². The molecule has 2 aromatic carbocycles. The Bertz CT molecular complexity index is 817. The van der Waals surface area contributed by atoms with Crippen LogP contribution in [0.5, 0.6) is 11.5 Å². The van der Waals surface area contributed by atoms with E-state index in [2.05, 4.69) is 17.6 Å². The lowest BCUT2D eigenvalue weighted by molar-refractivity contribution is -0.122. The van der Waals surface area contributed by atoms with E-state index in [9.17, 15) is 9.59 Å². The number of benzene rings is 2. The second kappa shape index (κ2) is 8.58. The number of carbonyl (C=O) groups is 2. The van der Waals surface area contributed by atoms with Crippen molar-refractivity contribution in [1.29, 1.82) is 0 Å². The molecule has 0 fully saturated rings. The molecule has 1 heterocycles. The molecule has 27 heavy (non-hydrogen) atoms. The second-order valence-electron chi connectivity index (χ2n) is 6.49. The zero-order valence-corrected chi connectivity index (χ0v) is 15.6. The number of hydrogen-bond acceptors (Lipinski definition) is 4. The molecule has 2 amide bonds. The van der Waals surface area contributed by atoms with Crippen molar-refractivity contribution in [2.24, 2.45) is 0 Å². The van der Waals surface area contributed by atoms with Crippen molar-refractivity contribution in [2.45, 2.75) is 39.2 Å². The van der Waals surface area contributed by atoms with Gasteiger partial charge in [-0.2, -0.15) is 0 Å². The number of nitrogens with one attached hydrogen (secondary N) is 2. The lowest BCUT2D eigenvalue weighted by atomic mass is 10.1. The highest BCUT2D eigenvalue weighted by atomic mass is 16.5. The quantitative estimate of drug-likeness (QED) is 0.717. The Morgan fingerprint density at radius 3 is 2.70 bits per heavy atom. The fourth-order valence-electron chi connectivity index (χ4n) is 2.73. The number of rotatable bonds is 7. The average Bonchev–Trinajstić information content (AvgIpc) is 2.67. The maximum Gasteiger partial charge on any atom is 0.265 e. The highest BCUT2D eigenvalue weighted by Crippen LogP contribution is 2.32. The Hall–Kier alpha value is -3.02. The normalized spacial score (nSPS) is 15.3. The molecule has 142 valence electrons. The predicted molar refractivity (Wildman–Crippen MR) is 105 cm³/mol. The van der Waals surface area contributed by atoms with E-state index in [0.29, 0.717) is 29.3 Å². The van der Waals surface area contributed by atoms with Gasteiger partial charge in [-0.05, 0) is 55.8 Å². The minimum atomic E-state index is -0.527. The molecule has 3 rings (SSSR count). The van der Waals surface area contributed by atoms with Crippen LogP contribution in [0.3, 0.4) is 0 Å². The van der Waals surface area contributed by atoms with E-state index < -0.39 is 6.10 Å². The summed E-state index contributed by atoms with van der Waals surface area (Å²) in [5.41, 5.74) is 1.66. The molecule has 0 bridgehead atoms. The molecule has 0 saturated heterocycles. The third-order valence-electron chi connectivity index (χ3n) is 4.30. The molecule has 6 nitrogen and oxygen atoms in total. The summed E-state index contributed by atoms with van der Waals surface area (Å²) >= 11 is 0. The number of fused-ring (bicyclic) bond motifs is 1. The molecule has 0 aliphatic carbocycles. The molecule has 0 radical (unpaired) electrons. The van der Waals surface area contributed by atoms with Gasteiger partial charge in [-0.1, -0.05) is 19.8 Å². The van der Waals surface area contributed by atoms with E-state index >= 15 is 0 Å². The highest BCUT2D eigenvalue weighted by molar-refractivity contribution is 6.05. The van der Waals surface area contributed by atoms with Crippen LogP contribution < -0.4 is 20.1 Å². The number of amides is 2. The van der Waals surface area contributed by atoms with Crippen LogP contribution in [0.4, 0.5) is 11.4 Å². The van der Waals surface area contributed by atoms with Crippen LogP contribution in [0.15, 0.2) is 42.5 Å². The largest absolute Gasteiger partial charge is 0.494 e. The van der Waals surface area contributed by atoms with Crippen LogP contribution in [-0.4, -0.2) is 24.5 Å². The van der Waals surface area contributed by atoms with Crippen molar-refractivity contribution in [1.82, 2.24) is 0 Å². The van der Waals surface area contributed by atoms with Crippen molar-refractivity contribution < 1.29 is 19.1 Å². The lowest BCUT2D eigenvalue weighted by Gasteiger charge is -2.23. The third kappa shape index (κ3) is 4.78. The first-order valence-electron chi connectivity index (χ1n) is 9.22. The Kier molecular flexibility index (Phi) is 5.96. The fourth-order valence-corrected chi connectivity index (χ4v) is 2.73. The Morgan fingerprint density at radius 1 is 1.19 bits per heavy atom. The molecule has 2 N–H and O–H groups in total. The average molecular weight is 368 g/mol. The number of anilines is 2. The molecular weight excluding hydrogens is 344 g/mol. The Labute approximate surface area is 158 Å². The molecule has 1 aliphatic heterocycles. The van der Waals surface area contributed by atoms with Gasteiger partial charge < -0.3 is 20.1 Å². The summed E-state index contributed by atoms with van der Waals surface area (Å²) in [6, 6.07) is 12.2. The second-order valence-corrected chi connectivity index (χ2v) is 6.49. The minimum Gasteiger partial charge on any atom is -0.494 e. The van der Waals surface area contributed by atoms with Gasteiger partial charge in [0.25, 0.3) is 11.8 Å². The van der Waals surface area contributed by atoms with Crippen LogP contribution in [-0.2, 0) is 4.79 Å². The molecule has 0 saturated carbocycles. The first-order valence-corrected chi connectivity index (χ1v) is 9.22. The topological polar surface area (TPSA) is 76.7 Å². The van der Waals surface area contributed by atoms with E-state index in [-0.39, 0.29) is 11.8 Å². The van der Waals surface area contributed by atoms with Crippen LogP contribution in [0.2, 0.25) is 0 Å². The molecule has 1 atom stereocenters. The molecule has 1 unspecified atom stereocenters. The van der Waals surface area contributed by atoms with E-state index in [1.807, 2.05) is 0 Å². The van der Waals surface area contributed by atoms with Gasteiger partial charge in [0.2, 0.25) is 0 Å². The van der Waals surface area contributed by atoms with Gasteiger partial charge in [0, 0.05) is 11.3 Å². The summed E-state index contributed by atoms with van der Waals surface area (Å²) in [5, 5.41) is 5.59. The van der Waals surface area contributed by atoms with E-state index in [4.69, 9.17) is 9.47 Å². The number of unbranched alkanes of at least 4 members (excludes halogenated alkanes) is 2. The zero-order valence-electron chi connectivity index (χ0n) is 15.6. The first kappa shape index (κ1) is 18.8. The Balaban J connectivity index is 1.60. The summed E-state index contributed by atoms with van der Waals surface area (Å²) in [6.45, 7) is 4.52. The fraction of sp³-hybridized carbons (Fsp3) is 0.333. The minimum absolute atomic E-state index is 0.208. The molecule has 6 heteroatoms. The van der Waals surface area contributed by atoms with Gasteiger partial charge in [-0.25, -0.2) is 0 Å². The monoisotopic (exact) mass is 368 g/mol. The van der Waals surface area contributed by atoms with Gasteiger partial charge in [-0.3, -0.25) is 9.59 Å². The van der Waals surface area contributed by atoms with E-state index in [1.54, 1.807) is 49.4 Å². The predicted octanol–water partition coefficient (Wildman–Crippen LogP) is 4.23. The summed E-state index contributed by atoms with van der Waals surface area (Å²) in [5.74, 6) is 0.902. The summed E-state index contributed by atoms with van der Waals surface area (Å²) in [6.07, 6.45) is 2.79. The van der Waals surface area contributed by atoms with Gasteiger partial charge in [0.05, 0.1) is 12.3 Å². The maximum absolute atomic E-state index is 12.4. The Morgan fingerprint density at radius 2 is 1.96 bits per heavy atom. The van der Waals surface area contributed by atoms with Crippen LogP contribution in [0, 0.1) is 0 Å². The van der Waals surface area contributed by atoms with Crippen molar-refractivity contribution in [2.75, 3.05) is 17.2 Å². The number of ether oxygens (including phenoxy) is 2. The number of hydrogen-bond donors (Lipinski definition) is 2. The van der Waals surface area contributed by atoms with Crippen LogP contribution in [0.25, 0.3) is 0 Å². The van der Waals surface area contributed by atoms with Gasteiger partial charge >= 0.3 is 0 Å². The molecule has 0 spiro atoms. The summed E-state index contributed by atoms with van der Waals surface area (Å²) in [7, 11) is 0. The molecular formula is C21H24N2O4. The standard InChI is InChI=1S/C21H24N2O4/c1-3-4-5-12-26-17-9-6-15(7-10-17)21(25)22-16-8-11-19-18(13-16)23-20(24)14(2)27-19/h6-11,13-14H,3-5,12H2,1-2H3,(H,22,25)(H,23,24). The summed E-state index contributed by atoms with van der Waals surface area (Å²) in [4.78, 5) is 24.2. The molecule has 0 aromatic heterocycles. The van der Waals surface area contributed by atoms with Gasteiger partial charge in [0.1, 0.15) is 11.5 Å². The van der Waals surface area contributed by atoms with Gasteiger partial charge in [0.15, 0.2) is 6.10 Å².